The molecule has 1 aromatic rings. The molecule has 0 spiro atoms. The molecule has 1 aromatic carbocycles. The van der Waals surface area contributed by atoms with Crippen molar-refractivity contribution in [2.75, 3.05) is 7.11 Å². The van der Waals surface area contributed by atoms with E-state index in [4.69, 9.17) is 4.74 Å². The maximum absolute atomic E-state index is 12.1. The second kappa shape index (κ2) is 8.35. The SMILES string of the molecule is CCC(CC)C(=O)NC(Cc1ccccc1)C(=O)OC. The largest absolute Gasteiger partial charge is 0.467 e. The Balaban J connectivity index is 2.75. The number of hydrogen-bond donors (Lipinski definition) is 1. The van der Waals surface area contributed by atoms with E-state index >= 15 is 0 Å². The molecule has 4 heteroatoms. The van der Waals surface area contributed by atoms with Gasteiger partial charge in [-0.2, -0.15) is 0 Å². The fraction of sp³-hybridized carbons (Fsp3) is 0.500. The highest BCUT2D eigenvalue weighted by molar-refractivity contribution is 5.85. The third-order valence-electron chi connectivity index (χ3n) is 3.44. The smallest absolute Gasteiger partial charge is 0.328 e. The summed E-state index contributed by atoms with van der Waals surface area (Å²) < 4.78 is 4.78. The second-order valence-corrected chi connectivity index (χ2v) is 4.79. The van der Waals surface area contributed by atoms with Crippen molar-refractivity contribution in [3.8, 4) is 0 Å². The van der Waals surface area contributed by atoms with Crippen LogP contribution in [0.25, 0.3) is 0 Å². The molecule has 0 aliphatic carbocycles. The molecule has 1 rings (SSSR count). The summed E-state index contributed by atoms with van der Waals surface area (Å²) in [5.41, 5.74) is 0.993. The summed E-state index contributed by atoms with van der Waals surface area (Å²) >= 11 is 0. The van der Waals surface area contributed by atoms with Crippen LogP contribution < -0.4 is 5.32 Å². The van der Waals surface area contributed by atoms with Gasteiger partial charge < -0.3 is 10.1 Å². The first kappa shape index (κ1) is 16.2. The molecule has 0 heterocycles. The molecule has 0 aliphatic rings. The number of benzene rings is 1. The topological polar surface area (TPSA) is 55.4 Å². The van der Waals surface area contributed by atoms with E-state index in [9.17, 15) is 9.59 Å². The fourth-order valence-electron chi connectivity index (χ4n) is 2.13. The fourth-order valence-corrected chi connectivity index (χ4v) is 2.13. The van der Waals surface area contributed by atoms with Gasteiger partial charge >= 0.3 is 5.97 Å². The molecule has 20 heavy (non-hydrogen) atoms. The maximum atomic E-state index is 12.1. The number of hydrogen-bond acceptors (Lipinski definition) is 3. The minimum Gasteiger partial charge on any atom is -0.467 e. The lowest BCUT2D eigenvalue weighted by Crippen LogP contribution is -2.45. The molecular formula is C16H23NO3. The number of methoxy groups -OCH3 is 1. The monoisotopic (exact) mass is 277 g/mol. The van der Waals surface area contributed by atoms with Gasteiger partial charge in [-0.3, -0.25) is 4.79 Å². The van der Waals surface area contributed by atoms with Crippen LogP contribution in [0.5, 0.6) is 0 Å². The van der Waals surface area contributed by atoms with Crippen molar-refractivity contribution in [2.45, 2.75) is 39.2 Å². The van der Waals surface area contributed by atoms with E-state index in [2.05, 4.69) is 5.32 Å². The second-order valence-electron chi connectivity index (χ2n) is 4.79. The van der Waals surface area contributed by atoms with Gasteiger partial charge in [-0.05, 0) is 18.4 Å². The molecule has 1 atom stereocenters. The van der Waals surface area contributed by atoms with Gasteiger partial charge in [0.25, 0.3) is 0 Å². The molecule has 110 valence electrons. The summed E-state index contributed by atoms with van der Waals surface area (Å²) in [5, 5.41) is 2.80. The van der Waals surface area contributed by atoms with Crippen LogP contribution in [-0.2, 0) is 20.7 Å². The van der Waals surface area contributed by atoms with Gasteiger partial charge in [0.2, 0.25) is 5.91 Å². The third-order valence-corrected chi connectivity index (χ3v) is 3.44. The average molecular weight is 277 g/mol. The molecule has 1 N–H and O–H groups in total. The van der Waals surface area contributed by atoms with Gasteiger partial charge in [0, 0.05) is 12.3 Å². The highest BCUT2D eigenvalue weighted by Crippen LogP contribution is 2.10. The van der Waals surface area contributed by atoms with Gasteiger partial charge in [0.1, 0.15) is 6.04 Å². The Kier molecular flexibility index (Phi) is 6.77. The first-order chi connectivity index (χ1) is 9.62. The lowest BCUT2D eigenvalue weighted by molar-refractivity contribution is -0.145. The Labute approximate surface area is 120 Å². The minimum atomic E-state index is -0.629. The van der Waals surface area contributed by atoms with E-state index in [-0.39, 0.29) is 11.8 Å². The molecular weight excluding hydrogens is 254 g/mol. The van der Waals surface area contributed by atoms with Crippen molar-refractivity contribution in [1.29, 1.82) is 0 Å². The zero-order valence-electron chi connectivity index (χ0n) is 12.4. The Morgan fingerprint density at radius 2 is 1.75 bits per heavy atom. The van der Waals surface area contributed by atoms with E-state index in [1.54, 1.807) is 0 Å². The Morgan fingerprint density at radius 3 is 2.25 bits per heavy atom. The molecule has 1 amide bonds. The molecule has 0 aromatic heterocycles. The first-order valence-electron chi connectivity index (χ1n) is 7.04. The number of ether oxygens (including phenoxy) is 1. The Hall–Kier alpha value is -1.84. The van der Waals surface area contributed by atoms with Gasteiger partial charge in [0.15, 0.2) is 0 Å². The number of nitrogens with one attached hydrogen (secondary N) is 1. The number of carbonyl (C=O) groups is 2. The first-order valence-corrected chi connectivity index (χ1v) is 7.04. The van der Waals surface area contributed by atoms with E-state index in [1.165, 1.54) is 7.11 Å². The number of carbonyl (C=O) groups excluding carboxylic acids is 2. The summed E-state index contributed by atoms with van der Waals surface area (Å²) in [6, 6.07) is 8.96. The van der Waals surface area contributed by atoms with E-state index in [1.807, 2.05) is 44.2 Å². The highest BCUT2D eigenvalue weighted by Gasteiger charge is 2.24. The summed E-state index contributed by atoms with van der Waals surface area (Å²) in [7, 11) is 1.34. The van der Waals surface area contributed by atoms with Crippen LogP contribution in [0.2, 0.25) is 0 Å². The number of amides is 1. The zero-order chi connectivity index (χ0) is 15.0. The van der Waals surface area contributed by atoms with Gasteiger partial charge in [-0.15, -0.1) is 0 Å². The van der Waals surface area contributed by atoms with Crippen molar-refractivity contribution in [2.24, 2.45) is 5.92 Å². The minimum absolute atomic E-state index is 0.0575. The van der Waals surface area contributed by atoms with Crippen LogP contribution in [-0.4, -0.2) is 25.0 Å². The van der Waals surface area contributed by atoms with Crippen molar-refractivity contribution >= 4 is 11.9 Å². The van der Waals surface area contributed by atoms with E-state index in [0.717, 1.165) is 18.4 Å². The highest BCUT2D eigenvalue weighted by atomic mass is 16.5. The quantitative estimate of drug-likeness (QED) is 0.778. The Morgan fingerprint density at radius 1 is 1.15 bits per heavy atom. The van der Waals surface area contributed by atoms with Crippen LogP contribution in [0.3, 0.4) is 0 Å². The third kappa shape index (κ3) is 4.68. The van der Waals surface area contributed by atoms with Crippen molar-refractivity contribution in [3.63, 3.8) is 0 Å². The maximum Gasteiger partial charge on any atom is 0.328 e. The molecule has 0 saturated heterocycles. The van der Waals surface area contributed by atoms with Crippen LogP contribution in [0.1, 0.15) is 32.3 Å². The van der Waals surface area contributed by atoms with Crippen LogP contribution in [0.15, 0.2) is 30.3 Å². The molecule has 0 aliphatic heterocycles. The van der Waals surface area contributed by atoms with Crippen LogP contribution >= 0.6 is 0 Å². The standard InChI is InChI=1S/C16H23NO3/c1-4-13(5-2)15(18)17-14(16(19)20-3)11-12-9-7-6-8-10-12/h6-10,13-14H,4-5,11H2,1-3H3,(H,17,18). The van der Waals surface area contributed by atoms with Gasteiger partial charge in [-0.25, -0.2) is 4.79 Å². The predicted molar refractivity (Wildman–Crippen MR) is 78.2 cm³/mol. The van der Waals surface area contributed by atoms with Crippen molar-refractivity contribution < 1.29 is 14.3 Å². The van der Waals surface area contributed by atoms with Gasteiger partial charge in [0.05, 0.1) is 7.11 Å². The van der Waals surface area contributed by atoms with E-state index in [0.29, 0.717) is 6.42 Å². The molecule has 1 unspecified atom stereocenters. The normalized spacial score (nSPS) is 12.0. The van der Waals surface area contributed by atoms with Gasteiger partial charge in [-0.1, -0.05) is 44.2 Å². The Bertz CT molecular complexity index is 427. The molecule has 0 radical (unpaired) electrons. The summed E-state index contributed by atoms with van der Waals surface area (Å²) in [6.07, 6.45) is 1.97. The average Bonchev–Trinajstić information content (AvgIpc) is 2.48. The molecule has 0 bridgehead atoms. The zero-order valence-corrected chi connectivity index (χ0v) is 12.4. The van der Waals surface area contributed by atoms with Crippen LogP contribution in [0.4, 0.5) is 0 Å². The molecule has 0 fully saturated rings. The predicted octanol–water partition coefficient (Wildman–Crippen LogP) is 2.32. The lowest BCUT2D eigenvalue weighted by Gasteiger charge is -2.20. The van der Waals surface area contributed by atoms with Crippen molar-refractivity contribution in [1.82, 2.24) is 5.32 Å². The summed E-state index contributed by atoms with van der Waals surface area (Å²) in [4.78, 5) is 23.9. The van der Waals surface area contributed by atoms with E-state index < -0.39 is 12.0 Å². The summed E-state index contributed by atoms with van der Waals surface area (Å²) in [6.45, 7) is 3.94. The van der Waals surface area contributed by atoms with Crippen molar-refractivity contribution in [3.05, 3.63) is 35.9 Å². The lowest BCUT2D eigenvalue weighted by atomic mass is 10.0. The number of rotatable bonds is 7. The van der Waals surface area contributed by atoms with Crippen LogP contribution in [0, 0.1) is 5.92 Å². The number of esters is 1. The molecule has 0 saturated carbocycles. The molecule has 4 nitrogen and oxygen atoms in total. The summed E-state index contributed by atoms with van der Waals surface area (Å²) in [5.74, 6) is -0.549.